The number of benzene rings is 4. The van der Waals surface area contributed by atoms with E-state index in [0.717, 1.165) is 39.8 Å². The molecule has 0 aromatic heterocycles. The number of alkyl halides is 3. The number of aryl methyl sites for hydroxylation is 1. The van der Waals surface area contributed by atoms with Crippen molar-refractivity contribution < 1.29 is 41.5 Å². The molecule has 0 saturated heterocycles. The SMILES string of the molecule is Cc1cccc(S(=O)(=O)Nc2ccc3c(c2)N=C(Cc2ccc(Oc4ccccc4)cc2)[NH2+]3)c1.O=C(O)C(F)(F)F. The highest BCUT2D eigenvalue weighted by Crippen LogP contribution is 2.30. The maximum atomic E-state index is 12.7. The fraction of sp³-hybridized carbons (Fsp3) is 0.103. The number of hydrogen-bond donors (Lipinski definition) is 3. The van der Waals surface area contributed by atoms with Gasteiger partial charge in [0.2, 0.25) is 5.84 Å². The predicted octanol–water partition coefficient (Wildman–Crippen LogP) is 5.70. The van der Waals surface area contributed by atoms with E-state index in [9.17, 15) is 21.6 Å². The predicted molar refractivity (Wildman–Crippen MR) is 147 cm³/mol. The van der Waals surface area contributed by atoms with Crippen molar-refractivity contribution >= 4 is 38.9 Å². The van der Waals surface area contributed by atoms with E-state index < -0.39 is 22.2 Å². The first kappa shape index (κ1) is 29.3. The molecule has 41 heavy (non-hydrogen) atoms. The Morgan fingerprint density at radius 1 is 0.927 bits per heavy atom. The molecule has 12 heteroatoms. The number of nitrogens with two attached hydrogens (primary N) is 1. The molecular formula is C29H25F3N3O5S+. The van der Waals surface area contributed by atoms with E-state index in [1.54, 1.807) is 30.3 Å². The Hall–Kier alpha value is -4.68. The molecule has 0 spiro atoms. The van der Waals surface area contributed by atoms with Crippen LogP contribution < -0.4 is 14.8 Å². The normalized spacial score (nSPS) is 12.4. The van der Waals surface area contributed by atoms with Gasteiger partial charge in [0, 0.05) is 6.07 Å². The number of ether oxygens (including phenoxy) is 1. The Bertz CT molecular complexity index is 1670. The first-order chi connectivity index (χ1) is 19.4. The number of amidine groups is 1. The van der Waals surface area contributed by atoms with Crippen LogP contribution in [0.2, 0.25) is 0 Å². The minimum atomic E-state index is -5.08. The highest BCUT2D eigenvalue weighted by atomic mass is 32.2. The fourth-order valence-corrected chi connectivity index (χ4v) is 4.94. The smallest absolute Gasteiger partial charge is 0.475 e. The van der Waals surface area contributed by atoms with Gasteiger partial charge in [0.1, 0.15) is 17.2 Å². The molecule has 0 atom stereocenters. The number of carboxylic acid groups (broad SMARTS) is 1. The van der Waals surface area contributed by atoms with Gasteiger partial charge in [-0.15, -0.1) is 0 Å². The maximum Gasteiger partial charge on any atom is 0.490 e. The molecule has 212 valence electrons. The van der Waals surface area contributed by atoms with E-state index in [-0.39, 0.29) is 4.90 Å². The molecule has 1 aliphatic rings. The van der Waals surface area contributed by atoms with Crippen molar-refractivity contribution in [2.24, 2.45) is 4.99 Å². The summed E-state index contributed by atoms with van der Waals surface area (Å²) >= 11 is 0. The number of para-hydroxylation sites is 1. The van der Waals surface area contributed by atoms with E-state index in [2.05, 4.69) is 4.72 Å². The lowest BCUT2D eigenvalue weighted by molar-refractivity contribution is -0.440. The number of carbonyl (C=O) groups is 1. The summed E-state index contributed by atoms with van der Waals surface area (Å²) in [6, 6.07) is 29.9. The van der Waals surface area contributed by atoms with Gasteiger partial charge in [0.25, 0.3) is 10.0 Å². The second-order valence-corrected chi connectivity index (χ2v) is 10.7. The lowest BCUT2D eigenvalue weighted by Crippen LogP contribution is -2.81. The number of nitrogens with zero attached hydrogens (tertiary/aromatic N) is 1. The summed E-state index contributed by atoms with van der Waals surface area (Å²) in [7, 11) is -3.66. The van der Waals surface area contributed by atoms with E-state index >= 15 is 0 Å². The number of quaternary nitrogens is 1. The van der Waals surface area contributed by atoms with Crippen molar-refractivity contribution in [3.63, 3.8) is 0 Å². The number of hydrogen-bond acceptors (Lipinski definition) is 5. The van der Waals surface area contributed by atoms with Crippen LogP contribution in [0.3, 0.4) is 0 Å². The van der Waals surface area contributed by atoms with Gasteiger partial charge in [-0.25, -0.2) is 13.2 Å². The van der Waals surface area contributed by atoms with Gasteiger partial charge in [0.15, 0.2) is 5.69 Å². The van der Waals surface area contributed by atoms with E-state index in [0.29, 0.717) is 12.1 Å². The van der Waals surface area contributed by atoms with Crippen molar-refractivity contribution in [1.29, 1.82) is 0 Å². The largest absolute Gasteiger partial charge is 0.490 e. The quantitative estimate of drug-likeness (QED) is 0.241. The Morgan fingerprint density at radius 3 is 2.22 bits per heavy atom. The molecule has 0 bridgehead atoms. The molecule has 0 radical (unpaired) electrons. The van der Waals surface area contributed by atoms with Crippen LogP contribution in [0.1, 0.15) is 11.1 Å². The Labute approximate surface area is 234 Å². The summed E-state index contributed by atoms with van der Waals surface area (Å²) in [5, 5.41) is 9.16. The maximum absolute atomic E-state index is 12.7. The molecule has 1 aliphatic heterocycles. The second-order valence-electron chi connectivity index (χ2n) is 8.98. The molecule has 0 fully saturated rings. The van der Waals surface area contributed by atoms with Crippen LogP contribution in [0.15, 0.2) is 107 Å². The Kier molecular flexibility index (Phi) is 8.74. The summed E-state index contributed by atoms with van der Waals surface area (Å²) < 4.78 is 65.7. The first-order valence-electron chi connectivity index (χ1n) is 12.2. The number of anilines is 1. The van der Waals surface area contributed by atoms with Crippen molar-refractivity contribution in [2.75, 3.05) is 4.72 Å². The third-order valence-electron chi connectivity index (χ3n) is 5.70. The van der Waals surface area contributed by atoms with Crippen LogP contribution >= 0.6 is 0 Å². The van der Waals surface area contributed by atoms with Gasteiger partial charge >= 0.3 is 12.1 Å². The number of halogens is 3. The Balaban J connectivity index is 0.000000493. The van der Waals surface area contributed by atoms with Crippen molar-refractivity contribution in [1.82, 2.24) is 0 Å². The minimum absolute atomic E-state index is 0.239. The van der Waals surface area contributed by atoms with Gasteiger partial charge in [0.05, 0.1) is 17.0 Å². The molecule has 0 aliphatic carbocycles. The van der Waals surface area contributed by atoms with E-state index in [4.69, 9.17) is 19.6 Å². The van der Waals surface area contributed by atoms with Crippen molar-refractivity contribution in [3.05, 3.63) is 108 Å². The standard InChI is InChI=1S/C27H23N3O3S.C2HF3O2/c1-19-6-5-9-24(16-19)34(31,32)30-21-12-15-25-26(18-21)29-27(28-25)17-20-10-13-23(14-11-20)33-22-7-3-2-4-8-22;3-2(4,5)1(6)7/h2-16,18,30H,17H2,1H3,(H,28,29);(H,6,7)/p+1. The number of rotatable bonds is 7. The molecule has 4 N–H and O–H groups in total. The molecule has 1 heterocycles. The number of aliphatic carboxylic acids is 1. The third kappa shape index (κ3) is 8.16. The van der Waals surface area contributed by atoms with E-state index in [1.165, 1.54) is 0 Å². The lowest BCUT2D eigenvalue weighted by atomic mass is 10.1. The van der Waals surface area contributed by atoms with Crippen molar-refractivity contribution in [2.45, 2.75) is 24.4 Å². The summed E-state index contributed by atoms with van der Waals surface area (Å²) in [5.41, 5.74) is 4.21. The topological polar surface area (TPSA) is 122 Å². The number of carboxylic acids is 1. The van der Waals surface area contributed by atoms with E-state index in [1.807, 2.05) is 79.0 Å². The van der Waals surface area contributed by atoms with Crippen LogP contribution in [0.5, 0.6) is 11.5 Å². The molecule has 4 aromatic carbocycles. The molecule has 0 amide bonds. The second kappa shape index (κ2) is 12.2. The zero-order valence-electron chi connectivity index (χ0n) is 21.6. The first-order valence-corrected chi connectivity index (χ1v) is 13.7. The summed E-state index contributed by atoms with van der Waals surface area (Å²) in [4.78, 5) is 13.8. The monoisotopic (exact) mass is 584 g/mol. The number of sulfonamides is 1. The number of fused-ring (bicyclic) bond motifs is 1. The Morgan fingerprint density at radius 2 is 1.59 bits per heavy atom. The highest BCUT2D eigenvalue weighted by molar-refractivity contribution is 7.92. The van der Waals surface area contributed by atoms with Gasteiger partial charge in [-0.1, -0.05) is 42.5 Å². The summed E-state index contributed by atoms with van der Waals surface area (Å²) in [6.07, 6.45) is -4.41. The van der Waals surface area contributed by atoms with Crippen LogP contribution in [-0.4, -0.2) is 31.5 Å². The fourth-order valence-electron chi connectivity index (χ4n) is 3.79. The molecule has 0 saturated carbocycles. The van der Waals surface area contributed by atoms with Crippen LogP contribution in [0.4, 0.5) is 30.2 Å². The minimum Gasteiger partial charge on any atom is -0.475 e. The van der Waals surface area contributed by atoms with Gasteiger partial charge < -0.3 is 9.84 Å². The average molecular weight is 585 g/mol. The zero-order valence-corrected chi connectivity index (χ0v) is 22.4. The average Bonchev–Trinajstić information content (AvgIpc) is 3.31. The number of nitrogens with one attached hydrogen (secondary N) is 1. The summed E-state index contributed by atoms with van der Waals surface area (Å²) in [5.74, 6) is -0.257. The summed E-state index contributed by atoms with van der Waals surface area (Å²) in [6.45, 7) is 1.87. The number of aliphatic imine (C=N–C) groups is 1. The molecule has 8 nitrogen and oxygen atoms in total. The van der Waals surface area contributed by atoms with Crippen LogP contribution in [-0.2, 0) is 21.2 Å². The van der Waals surface area contributed by atoms with Gasteiger partial charge in [-0.05, 0) is 66.6 Å². The van der Waals surface area contributed by atoms with Gasteiger partial charge in [-0.2, -0.15) is 18.2 Å². The lowest BCUT2D eigenvalue weighted by Gasteiger charge is -2.09. The third-order valence-corrected chi connectivity index (χ3v) is 7.08. The zero-order chi connectivity index (χ0) is 29.6. The highest BCUT2D eigenvalue weighted by Gasteiger charge is 2.38. The van der Waals surface area contributed by atoms with Crippen molar-refractivity contribution in [3.8, 4) is 11.5 Å². The van der Waals surface area contributed by atoms with Gasteiger partial charge in [-0.3, -0.25) is 10.0 Å². The molecule has 4 aromatic rings. The molecule has 0 unspecified atom stereocenters. The van der Waals surface area contributed by atoms with Crippen LogP contribution in [0.25, 0.3) is 0 Å². The van der Waals surface area contributed by atoms with Crippen LogP contribution in [0, 0.1) is 6.92 Å². The molecular weight excluding hydrogens is 559 g/mol. The molecule has 5 rings (SSSR count).